The lowest BCUT2D eigenvalue weighted by Gasteiger charge is -2.35. The lowest BCUT2D eigenvalue weighted by molar-refractivity contribution is 0.194. The maximum absolute atomic E-state index is 5.11. The zero-order valence-electron chi connectivity index (χ0n) is 16.8. The van der Waals surface area contributed by atoms with Gasteiger partial charge in [0.15, 0.2) is 0 Å². The zero-order valence-corrected chi connectivity index (χ0v) is 16.8. The summed E-state index contributed by atoms with van der Waals surface area (Å²) in [6.45, 7) is 16.3. The van der Waals surface area contributed by atoms with E-state index < -0.39 is 0 Å². The molecule has 2 rings (SSSR count). The quantitative estimate of drug-likeness (QED) is 0.501. The molecule has 1 saturated carbocycles. The Morgan fingerprint density at radius 1 is 0.958 bits per heavy atom. The number of aliphatic imine (C=N–C) groups is 1. The highest BCUT2D eigenvalue weighted by molar-refractivity contribution is 5.70. The molecule has 0 saturated heterocycles. The minimum Gasteiger partial charge on any atom is -0.260 e. The van der Waals surface area contributed by atoms with Gasteiger partial charge in [0.05, 0.1) is 5.69 Å². The van der Waals surface area contributed by atoms with E-state index in [2.05, 4.69) is 72.9 Å². The van der Waals surface area contributed by atoms with Crippen molar-refractivity contribution < 1.29 is 0 Å². The SMILES string of the molecule is CC(C)c1cccc(C(C)C)c1N=CC1C[C@H](C)CC[C@H]1C(C)C. The maximum Gasteiger partial charge on any atom is 0.0694 e. The van der Waals surface area contributed by atoms with Gasteiger partial charge in [-0.15, -0.1) is 0 Å². The molecule has 1 fully saturated rings. The highest BCUT2D eigenvalue weighted by Crippen LogP contribution is 2.39. The summed E-state index contributed by atoms with van der Waals surface area (Å²) < 4.78 is 0. The Labute approximate surface area is 150 Å². The van der Waals surface area contributed by atoms with Crippen LogP contribution >= 0.6 is 0 Å². The minimum atomic E-state index is 0.516. The highest BCUT2D eigenvalue weighted by atomic mass is 14.7. The van der Waals surface area contributed by atoms with Crippen LogP contribution in [0.5, 0.6) is 0 Å². The van der Waals surface area contributed by atoms with Crippen LogP contribution in [0.15, 0.2) is 23.2 Å². The standard InChI is InChI=1S/C23H37N/c1-15(2)20-12-11-18(7)13-19(20)14-24-23-21(16(3)4)9-8-10-22(23)17(5)6/h8-10,14-20H,11-13H2,1-7H3/t18-,19?,20+/m1/s1. The predicted octanol–water partition coefficient (Wildman–Crippen LogP) is 7.34. The molecule has 0 spiro atoms. The molecule has 0 N–H and O–H groups in total. The first-order valence-electron chi connectivity index (χ1n) is 9.98. The van der Waals surface area contributed by atoms with E-state index in [1.54, 1.807) is 0 Å². The molecule has 1 aromatic carbocycles. The van der Waals surface area contributed by atoms with Crippen LogP contribution in [0.4, 0.5) is 5.69 Å². The van der Waals surface area contributed by atoms with Gasteiger partial charge in [-0.3, -0.25) is 4.99 Å². The Kier molecular flexibility index (Phi) is 6.66. The average molecular weight is 328 g/mol. The molecule has 0 radical (unpaired) electrons. The van der Waals surface area contributed by atoms with Crippen LogP contribution in [-0.4, -0.2) is 6.21 Å². The second-order valence-electron chi connectivity index (χ2n) is 8.86. The van der Waals surface area contributed by atoms with Gasteiger partial charge in [0.25, 0.3) is 0 Å². The smallest absolute Gasteiger partial charge is 0.0694 e. The number of benzene rings is 1. The van der Waals surface area contributed by atoms with E-state index in [0.29, 0.717) is 17.8 Å². The van der Waals surface area contributed by atoms with Gasteiger partial charge in [-0.05, 0) is 59.5 Å². The number of para-hydroxylation sites is 1. The monoisotopic (exact) mass is 327 g/mol. The average Bonchev–Trinajstić information content (AvgIpc) is 2.51. The van der Waals surface area contributed by atoms with Gasteiger partial charge in [0, 0.05) is 6.21 Å². The van der Waals surface area contributed by atoms with E-state index in [4.69, 9.17) is 4.99 Å². The molecule has 0 heterocycles. The van der Waals surface area contributed by atoms with Crippen molar-refractivity contribution in [2.75, 3.05) is 0 Å². The van der Waals surface area contributed by atoms with Crippen molar-refractivity contribution in [3.05, 3.63) is 29.3 Å². The van der Waals surface area contributed by atoms with Gasteiger partial charge < -0.3 is 0 Å². The summed E-state index contributed by atoms with van der Waals surface area (Å²) >= 11 is 0. The Morgan fingerprint density at radius 3 is 2.04 bits per heavy atom. The summed E-state index contributed by atoms with van der Waals surface area (Å²) in [7, 11) is 0. The zero-order chi connectivity index (χ0) is 17.9. The summed E-state index contributed by atoms with van der Waals surface area (Å²) in [4.78, 5) is 5.11. The summed E-state index contributed by atoms with van der Waals surface area (Å²) in [5.74, 6) is 4.04. The van der Waals surface area contributed by atoms with E-state index in [9.17, 15) is 0 Å². The molecule has 0 amide bonds. The van der Waals surface area contributed by atoms with Crippen LogP contribution in [0, 0.1) is 23.7 Å². The van der Waals surface area contributed by atoms with Crippen LogP contribution in [0.25, 0.3) is 0 Å². The molecule has 1 unspecified atom stereocenters. The van der Waals surface area contributed by atoms with Crippen LogP contribution in [0.2, 0.25) is 0 Å². The fourth-order valence-corrected chi connectivity index (χ4v) is 4.28. The third kappa shape index (κ3) is 4.49. The largest absolute Gasteiger partial charge is 0.260 e. The van der Waals surface area contributed by atoms with Crippen molar-refractivity contribution in [1.29, 1.82) is 0 Å². The number of nitrogens with zero attached hydrogens (tertiary/aromatic N) is 1. The summed E-state index contributed by atoms with van der Waals surface area (Å²) in [5, 5.41) is 0. The van der Waals surface area contributed by atoms with Crippen LogP contribution in [-0.2, 0) is 0 Å². The van der Waals surface area contributed by atoms with Gasteiger partial charge in [-0.2, -0.15) is 0 Å². The Morgan fingerprint density at radius 2 is 1.54 bits per heavy atom. The Hall–Kier alpha value is -1.11. The number of hydrogen-bond acceptors (Lipinski definition) is 1. The van der Waals surface area contributed by atoms with Crippen molar-refractivity contribution in [3.8, 4) is 0 Å². The first kappa shape index (κ1) is 19.2. The van der Waals surface area contributed by atoms with Crippen LogP contribution < -0.4 is 0 Å². The summed E-state index contributed by atoms with van der Waals surface area (Å²) in [6.07, 6.45) is 6.35. The predicted molar refractivity (Wildman–Crippen MR) is 108 cm³/mol. The molecule has 3 atom stereocenters. The van der Waals surface area contributed by atoms with Crippen LogP contribution in [0.1, 0.15) is 90.7 Å². The highest BCUT2D eigenvalue weighted by Gasteiger charge is 2.29. The molecule has 24 heavy (non-hydrogen) atoms. The van der Waals surface area contributed by atoms with Crippen molar-refractivity contribution in [3.63, 3.8) is 0 Å². The first-order valence-corrected chi connectivity index (χ1v) is 9.98. The second kappa shape index (κ2) is 8.32. The number of hydrogen-bond donors (Lipinski definition) is 0. The van der Waals surface area contributed by atoms with E-state index in [-0.39, 0.29) is 0 Å². The molecule has 1 heteroatoms. The van der Waals surface area contributed by atoms with Gasteiger partial charge >= 0.3 is 0 Å². The fourth-order valence-electron chi connectivity index (χ4n) is 4.28. The van der Waals surface area contributed by atoms with Crippen LogP contribution in [0.3, 0.4) is 0 Å². The van der Waals surface area contributed by atoms with Gasteiger partial charge in [-0.1, -0.05) is 73.1 Å². The maximum atomic E-state index is 5.11. The molecule has 1 aromatic rings. The fraction of sp³-hybridized carbons (Fsp3) is 0.696. The molecular weight excluding hydrogens is 290 g/mol. The number of rotatable bonds is 5. The van der Waals surface area contributed by atoms with Crippen molar-refractivity contribution >= 4 is 11.9 Å². The van der Waals surface area contributed by atoms with Gasteiger partial charge in [0.2, 0.25) is 0 Å². The lowest BCUT2D eigenvalue weighted by Crippen LogP contribution is -2.28. The molecule has 0 aromatic heterocycles. The van der Waals surface area contributed by atoms with E-state index in [1.807, 2.05) is 0 Å². The first-order chi connectivity index (χ1) is 11.3. The molecule has 1 aliphatic rings. The molecule has 1 nitrogen and oxygen atoms in total. The van der Waals surface area contributed by atoms with Crippen molar-refractivity contribution in [1.82, 2.24) is 0 Å². The van der Waals surface area contributed by atoms with E-state index in [1.165, 1.54) is 36.1 Å². The topological polar surface area (TPSA) is 12.4 Å². The lowest BCUT2D eigenvalue weighted by atomic mass is 9.70. The van der Waals surface area contributed by atoms with Crippen molar-refractivity contribution in [2.45, 2.75) is 79.6 Å². The van der Waals surface area contributed by atoms with Crippen molar-refractivity contribution in [2.24, 2.45) is 28.7 Å². The summed E-state index contributed by atoms with van der Waals surface area (Å²) in [6, 6.07) is 6.71. The van der Waals surface area contributed by atoms with E-state index >= 15 is 0 Å². The molecule has 0 bridgehead atoms. The second-order valence-corrected chi connectivity index (χ2v) is 8.86. The Bertz CT molecular complexity index is 527. The summed E-state index contributed by atoms with van der Waals surface area (Å²) in [5.41, 5.74) is 4.02. The molecule has 1 aliphatic carbocycles. The Balaban J connectivity index is 2.35. The molecular formula is C23H37N. The third-order valence-corrected chi connectivity index (χ3v) is 5.81. The normalized spacial score (nSPS) is 25.3. The third-order valence-electron chi connectivity index (χ3n) is 5.81. The van der Waals surface area contributed by atoms with E-state index in [0.717, 1.165) is 17.8 Å². The molecule has 0 aliphatic heterocycles. The van der Waals surface area contributed by atoms with Gasteiger partial charge in [0.1, 0.15) is 0 Å². The minimum absolute atomic E-state index is 0.516. The van der Waals surface area contributed by atoms with Gasteiger partial charge in [-0.25, -0.2) is 0 Å². The molecule has 134 valence electrons.